The Morgan fingerprint density at radius 1 is 1.24 bits per heavy atom. The number of pyridine rings is 1. The fourth-order valence-corrected chi connectivity index (χ4v) is 4.21. The molecule has 1 amide bonds. The van der Waals surface area contributed by atoms with Crippen LogP contribution in [0.1, 0.15) is 40.2 Å². The lowest BCUT2D eigenvalue weighted by Crippen LogP contribution is -2.64. The molecule has 0 unspecified atom stereocenters. The first-order valence-corrected chi connectivity index (χ1v) is 11.6. The molecule has 0 bridgehead atoms. The number of hydrogen-bond acceptors (Lipinski definition) is 10. The molecule has 0 aliphatic carbocycles. The lowest BCUT2D eigenvalue weighted by molar-refractivity contribution is -0.145. The Kier molecular flexibility index (Phi) is 5.40. The van der Waals surface area contributed by atoms with E-state index >= 15 is 0 Å². The van der Waals surface area contributed by atoms with E-state index in [9.17, 15) is 23.1 Å². The number of aryl methyl sites for hydroxylation is 2. The van der Waals surface area contributed by atoms with Gasteiger partial charge < -0.3 is 25.0 Å². The summed E-state index contributed by atoms with van der Waals surface area (Å²) in [6.07, 6.45) is -1.15. The number of carbonyl (C=O) groups is 1. The Bertz CT molecular complexity index is 1490. The zero-order chi connectivity index (χ0) is 29.7. The third-order valence-electron chi connectivity index (χ3n) is 6.37. The van der Waals surface area contributed by atoms with Gasteiger partial charge in [-0.3, -0.25) is 4.79 Å². The molecule has 0 spiro atoms. The first-order valence-electron chi connectivity index (χ1n) is 13.1. The van der Waals surface area contributed by atoms with Crippen LogP contribution in [0.4, 0.5) is 30.6 Å². The van der Waals surface area contributed by atoms with Gasteiger partial charge in [0.1, 0.15) is 11.2 Å². The van der Waals surface area contributed by atoms with Crippen molar-refractivity contribution in [1.82, 2.24) is 24.9 Å². The lowest BCUT2D eigenvalue weighted by Gasteiger charge is -2.47. The van der Waals surface area contributed by atoms with Crippen LogP contribution in [-0.2, 0) is 23.9 Å². The van der Waals surface area contributed by atoms with Crippen LogP contribution in [0.2, 0.25) is 0 Å². The molecule has 0 aromatic carbocycles. The van der Waals surface area contributed by atoms with Crippen molar-refractivity contribution in [3.8, 4) is 11.6 Å². The number of amides is 1. The number of aliphatic hydroxyl groups excluding tert-OH is 1. The number of rotatable bonds is 6. The number of likely N-dealkylation sites (N-methyl/N-ethyl adjacent to an activating group) is 1. The number of hydrogen-bond donors (Lipinski definition) is 2. The molecule has 2 aliphatic heterocycles. The van der Waals surface area contributed by atoms with E-state index in [1.807, 2.05) is 0 Å². The predicted molar refractivity (Wildman–Crippen MR) is 130 cm³/mol. The molecular weight excluding hydrogens is 505 g/mol. The van der Waals surface area contributed by atoms with E-state index in [0.717, 1.165) is 11.1 Å². The molecule has 2 N–H and O–H groups in total. The summed E-state index contributed by atoms with van der Waals surface area (Å²) >= 11 is 0. The Hall–Kier alpha value is -4.07. The van der Waals surface area contributed by atoms with Gasteiger partial charge in [0.15, 0.2) is 11.6 Å². The fraction of sp³-hybridized carbons (Fsp3) is 0.417. The monoisotopic (exact) mass is 533 g/mol. The summed E-state index contributed by atoms with van der Waals surface area (Å²) in [5, 5.41) is 13.2. The van der Waals surface area contributed by atoms with Crippen molar-refractivity contribution in [3.63, 3.8) is 0 Å². The van der Waals surface area contributed by atoms with E-state index in [2.05, 4.69) is 30.2 Å². The van der Waals surface area contributed by atoms with Crippen LogP contribution < -0.4 is 19.9 Å². The van der Waals surface area contributed by atoms with Crippen LogP contribution in [-0.4, -0.2) is 61.6 Å². The van der Waals surface area contributed by atoms with Crippen LogP contribution in [0.25, 0.3) is 0 Å². The Balaban J connectivity index is 1.36. The average Bonchev–Trinajstić information content (AvgIpc) is 2.91. The molecule has 0 saturated carbocycles. The summed E-state index contributed by atoms with van der Waals surface area (Å²) in [6.45, 7) is -0.213. The quantitative estimate of drug-likeness (QED) is 0.488. The summed E-state index contributed by atoms with van der Waals surface area (Å²) < 4.78 is 68.2. The lowest BCUT2D eigenvalue weighted by atomic mass is 9.93. The maximum atomic E-state index is 13.3. The summed E-state index contributed by atoms with van der Waals surface area (Å²) in [5.74, 6) is -1.50. The van der Waals surface area contributed by atoms with E-state index in [1.54, 1.807) is 6.07 Å². The van der Waals surface area contributed by atoms with Crippen LogP contribution in [0.15, 0.2) is 24.5 Å². The average molecular weight is 534 g/mol. The Morgan fingerprint density at radius 3 is 2.71 bits per heavy atom. The van der Waals surface area contributed by atoms with Gasteiger partial charge in [-0.1, -0.05) is 6.07 Å². The Morgan fingerprint density at radius 2 is 2.05 bits per heavy atom. The smallest absolute Gasteiger partial charge is 0.436 e. The maximum Gasteiger partial charge on any atom is 0.451 e. The highest BCUT2D eigenvalue weighted by molar-refractivity contribution is 6.08. The number of carbonyl (C=O) groups excluding carboxylic acids is 1. The zero-order valence-corrected chi connectivity index (χ0v) is 20.4. The number of nitrogens with one attached hydrogen (secondary N) is 1. The SMILES string of the molecule is [2H]C([2H])([2H])N1c2nc(NCc3ccc(Oc4cnc(C(F)(F)F)nc4C)nc3)nc3c2N(CCC3)C(=O)[C@]1(C)CO. The predicted octanol–water partition coefficient (Wildman–Crippen LogP) is 2.87. The van der Waals surface area contributed by atoms with Gasteiger partial charge in [0, 0.05) is 36.4 Å². The van der Waals surface area contributed by atoms with Crippen molar-refractivity contribution in [3.05, 3.63) is 47.3 Å². The maximum absolute atomic E-state index is 13.3. The van der Waals surface area contributed by atoms with E-state index < -0.39 is 37.0 Å². The molecule has 0 saturated heterocycles. The minimum absolute atomic E-state index is 0.00273. The topological polar surface area (TPSA) is 129 Å². The number of aliphatic hydroxyl groups is 1. The molecule has 0 radical (unpaired) electrons. The third kappa shape index (κ3) is 4.44. The van der Waals surface area contributed by atoms with Crippen LogP contribution in [0.5, 0.6) is 11.6 Å². The minimum Gasteiger partial charge on any atom is -0.436 e. The van der Waals surface area contributed by atoms with Gasteiger partial charge in [-0.05, 0) is 32.3 Å². The summed E-state index contributed by atoms with van der Waals surface area (Å²) in [6, 6.07) is 3.17. The van der Waals surface area contributed by atoms with Gasteiger partial charge in [0.25, 0.3) is 5.91 Å². The molecule has 1 atom stereocenters. The van der Waals surface area contributed by atoms with Crippen LogP contribution in [0, 0.1) is 6.92 Å². The minimum atomic E-state index is -4.67. The van der Waals surface area contributed by atoms with E-state index in [1.165, 1.54) is 31.0 Å². The van der Waals surface area contributed by atoms with E-state index in [4.69, 9.17) is 8.85 Å². The number of alkyl halides is 3. The van der Waals surface area contributed by atoms with Gasteiger partial charge in [-0.25, -0.2) is 19.9 Å². The van der Waals surface area contributed by atoms with Gasteiger partial charge in [-0.15, -0.1) is 0 Å². The number of ether oxygens (including phenoxy) is 1. The molecule has 14 heteroatoms. The molecule has 11 nitrogen and oxygen atoms in total. The van der Waals surface area contributed by atoms with Crippen LogP contribution in [0.3, 0.4) is 0 Å². The second-order valence-corrected chi connectivity index (χ2v) is 9.10. The number of nitrogens with zero attached hydrogens (tertiary/aromatic N) is 7. The molecule has 5 rings (SSSR count). The summed E-state index contributed by atoms with van der Waals surface area (Å²) in [4.78, 5) is 35.5. The largest absolute Gasteiger partial charge is 0.451 e. The molecule has 38 heavy (non-hydrogen) atoms. The van der Waals surface area contributed by atoms with Crippen molar-refractivity contribution >= 4 is 23.4 Å². The number of halogens is 3. The van der Waals surface area contributed by atoms with Crippen molar-refractivity contribution < 1.29 is 31.9 Å². The first kappa shape index (κ1) is 22.0. The number of anilines is 3. The first-order chi connectivity index (χ1) is 19.2. The zero-order valence-electron chi connectivity index (χ0n) is 23.4. The number of aromatic nitrogens is 5. The Labute approximate surface area is 219 Å². The van der Waals surface area contributed by atoms with Crippen molar-refractivity contribution in [2.45, 2.75) is 44.9 Å². The third-order valence-corrected chi connectivity index (χ3v) is 6.37. The molecular formula is C24H25F3N8O3. The highest BCUT2D eigenvalue weighted by Crippen LogP contribution is 2.43. The standard InChI is InChI=1S/C24H25F3N8O3/c1-13-16(11-29-20(31-13)24(25,26)27)38-17-7-6-14(9-28-17)10-30-22-32-15-5-4-8-35-18(15)19(33-22)34(3)23(2,12-36)21(35)37/h6-7,9,11,36H,4-5,8,10,12H2,1-3H3,(H,30,32,33)/t23-/m0/s1/i3D3. The summed E-state index contributed by atoms with van der Waals surface area (Å²) in [5.41, 5.74) is -0.231. The van der Waals surface area contributed by atoms with Gasteiger partial charge in [0.05, 0.1) is 24.2 Å². The van der Waals surface area contributed by atoms with E-state index in [-0.39, 0.29) is 35.6 Å². The molecule has 3 aromatic heterocycles. The van der Waals surface area contributed by atoms with Gasteiger partial charge in [0.2, 0.25) is 17.7 Å². The molecule has 200 valence electrons. The summed E-state index contributed by atoms with van der Waals surface area (Å²) in [7, 11) is 0. The normalized spacial score (nSPS) is 20.4. The van der Waals surface area contributed by atoms with Gasteiger partial charge >= 0.3 is 6.18 Å². The van der Waals surface area contributed by atoms with Crippen LogP contribution >= 0.6 is 0 Å². The van der Waals surface area contributed by atoms with Crippen molar-refractivity contribution in [1.29, 1.82) is 0 Å². The second kappa shape index (κ2) is 9.35. The van der Waals surface area contributed by atoms with E-state index in [0.29, 0.717) is 36.3 Å². The highest BCUT2D eigenvalue weighted by Gasteiger charge is 2.48. The molecule has 5 heterocycles. The molecule has 3 aromatic rings. The van der Waals surface area contributed by atoms with Crippen molar-refractivity contribution in [2.24, 2.45) is 0 Å². The van der Waals surface area contributed by atoms with Crippen molar-refractivity contribution in [2.75, 3.05) is 35.2 Å². The second-order valence-electron chi connectivity index (χ2n) is 9.10. The molecule has 2 aliphatic rings. The van der Waals surface area contributed by atoms with Gasteiger partial charge in [-0.2, -0.15) is 18.2 Å². The molecule has 0 fully saturated rings. The fourth-order valence-electron chi connectivity index (χ4n) is 4.21. The highest BCUT2D eigenvalue weighted by atomic mass is 19.4.